The van der Waals surface area contributed by atoms with Gasteiger partial charge in [0.2, 0.25) is 0 Å². The van der Waals surface area contributed by atoms with E-state index in [1.54, 1.807) is 0 Å². The highest BCUT2D eigenvalue weighted by Crippen LogP contribution is 2.39. The van der Waals surface area contributed by atoms with Crippen molar-refractivity contribution in [3.8, 4) is 0 Å². The molecule has 1 fully saturated rings. The van der Waals surface area contributed by atoms with E-state index in [-0.39, 0.29) is 0 Å². The van der Waals surface area contributed by atoms with Gasteiger partial charge in [-0.25, -0.2) is 9.97 Å². The first kappa shape index (κ1) is 11.4. The molecule has 0 aliphatic heterocycles. The van der Waals surface area contributed by atoms with Crippen LogP contribution in [0.3, 0.4) is 0 Å². The highest BCUT2D eigenvalue weighted by molar-refractivity contribution is 5.38. The van der Waals surface area contributed by atoms with Crippen LogP contribution in [0.4, 0.5) is 5.82 Å². The SMILES string of the molecule is CCNc1cc(C2CC2)nc(C(C)CC)n1. The Morgan fingerprint density at radius 3 is 2.69 bits per heavy atom. The highest BCUT2D eigenvalue weighted by Gasteiger charge is 2.26. The lowest BCUT2D eigenvalue weighted by Crippen LogP contribution is -2.07. The van der Waals surface area contributed by atoms with Gasteiger partial charge in [0, 0.05) is 30.1 Å². The van der Waals surface area contributed by atoms with E-state index in [1.807, 2.05) is 0 Å². The third-order valence-corrected chi connectivity index (χ3v) is 3.17. The van der Waals surface area contributed by atoms with E-state index in [2.05, 4.69) is 37.1 Å². The zero-order valence-corrected chi connectivity index (χ0v) is 10.5. The summed E-state index contributed by atoms with van der Waals surface area (Å²) in [7, 11) is 0. The molecule has 0 saturated heterocycles. The second-order valence-corrected chi connectivity index (χ2v) is 4.65. The Morgan fingerprint density at radius 2 is 2.12 bits per heavy atom. The minimum absolute atomic E-state index is 0.455. The molecular weight excluding hydrogens is 198 g/mol. The maximum Gasteiger partial charge on any atom is 0.133 e. The number of rotatable bonds is 5. The smallest absolute Gasteiger partial charge is 0.133 e. The van der Waals surface area contributed by atoms with Crippen molar-refractivity contribution in [1.82, 2.24) is 9.97 Å². The average molecular weight is 219 g/mol. The predicted molar refractivity (Wildman–Crippen MR) is 66.9 cm³/mol. The van der Waals surface area contributed by atoms with E-state index in [0.29, 0.717) is 11.8 Å². The van der Waals surface area contributed by atoms with Crippen molar-refractivity contribution < 1.29 is 0 Å². The van der Waals surface area contributed by atoms with Gasteiger partial charge in [-0.3, -0.25) is 0 Å². The van der Waals surface area contributed by atoms with Gasteiger partial charge in [0.25, 0.3) is 0 Å². The lowest BCUT2D eigenvalue weighted by atomic mass is 10.1. The normalized spacial score (nSPS) is 17.2. The zero-order valence-electron chi connectivity index (χ0n) is 10.5. The van der Waals surface area contributed by atoms with E-state index >= 15 is 0 Å². The molecule has 1 aromatic rings. The Bertz CT molecular complexity index is 358. The lowest BCUT2D eigenvalue weighted by molar-refractivity contribution is 0.671. The summed E-state index contributed by atoms with van der Waals surface area (Å²) in [6.07, 6.45) is 3.69. The number of aromatic nitrogens is 2. The summed E-state index contributed by atoms with van der Waals surface area (Å²) in [6, 6.07) is 2.12. The number of hydrogen-bond acceptors (Lipinski definition) is 3. The maximum absolute atomic E-state index is 4.70. The summed E-state index contributed by atoms with van der Waals surface area (Å²) in [5.74, 6) is 3.15. The van der Waals surface area contributed by atoms with Crippen LogP contribution in [-0.2, 0) is 0 Å². The van der Waals surface area contributed by atoms with Crippen LogP contribution in [0.1, 0.15) is 63.4 Å². The quantitative estimate of drug-likeness (QED) is 0.825. The highest BCUT2D eigenvalue weighted by atomic mass is 15.0. The fourth-order valence-electron chi connectivity index (χ4n) is 1.75. The molecule has 0 spiro atoms. The first-order valence-corrected chi connectivity index (χ1v) is 6.37. The number of nitrogens with zero attached hydrogens (tertiary/aromatic N) is 2. The molecule has 16 heavy (non-hydrogen) atoms. The van der Waals surface area contributed by atoms with Crippen molar-refractivity contribution in [3.05, 3.63) is 17.6 Å². The van der Waals surface area contributed by atoms with Gasteiger partial charge in [-0.2, -0.15) is 0 Å². The third kappa shape index (κ3) is 2.52. The molecule has 0 radical (unpaired) electrons. The van der Waals surface area contributed by atoms with E-state index in [4.69, 9.17) is 4.98 Å². The molecular formula is C13H21N3. The van der Waals surface area contributed by atoms with Gasteiger partial charge in [-0.05, 0) is 26.2 Å². The molecule has 2 rings (SSSR count). The van der Waals surface area contributed by atoms with Gasteiger partial charge in [-0.15, -0.1) is 0 Å². The fourth-order valence-corrected chi connectivity index (χ4v) is 1.75. The molecule has 3 heteroatoms. The fraction of sp³-hybridized carbons (Fsp3) is 0.692. The van der Waals surface area contributed by atoms with Crippen LogP contribution in [0.15, 0.2) is 6.07 Å². The zero-order chi connectivity index (χ0) is 11.5. The van der Waals surface area contributed by atoms with E-state index < -0.39 is 0 Å². The molecule has 1 saturated carbocycles. The first-order chi connectivity index (χ1) is 7.74. The van der Waals surface area contributed by atoms with Crippen LogP contribution < -0.4 is 5.32 Å². The molecule has 1 aliphatic carbocycles. The molecule has 1 atom stereocenters. The molecule has 0 amide bonds. The molecule has 1 unspecified atom stereocenters. The van der Waals surface area contributed by atoms with Crippen LogP contribution in [0, 0.1) is 0 Å². The van der Waals surface area contributed by atoms with E-state index in [9.17, 15) is 0 Å². The summed E-state index contributed by atoms with van der Waals surface area (Å²) in [5.41, 5.74) is 1.24. The maximum atomic E-state index is 4.70. The summed E-state index contributed by atoms with van der Waals surface area (Å²) < 4.78 is 0. The molecule has 3 nitrogen and oxygen atoms in total. The average Bonchev–Trinajstić information content (AvgIpc) is 3.12. The van der Waals surface area contributed by atoms with Crippen molar-refractivity contribution in [3.63, 3.8) is 0 Å². The van der Waals surface area contributed by atoms with Crippen LogP contribution in [-0.4, -0.2) is 16.5 Å². The molecule has 1 aromatic heterocycles. The Labute approximate surface area is 97.7 Å². The third-order valence-electron chi connectivity index (χ3n) is 3.17. The predicted octanol–water partition coefficient (Wildman–Crippen LogP) is 3.30. The van der Waals surface area contributed by atoms with Crippen molar-refractivity contribution in [1.29, 1.82) is 0 Å². The van der Waals surface area contributed by atoms with Crippen molar-refractivity contribution in [2.75, 3.05) is 11.9 Å². The monoisotopic (exact) mass is 219 g/mol. The van der Waals surface area contributed by atoms with Crippen molar-refractivity contribution in [2.24, 2.45) is 0 Å². The minimum atomic E-state index is 0.455. The Morgan fingerprint density at radius 1 is 1.38 bits per heavy atom. The van der Waals surface area contributed by atoms with E-state index in [0.717, 1.165) is 24.6 Å². The molecule has 1 N–H and O–H groups in total. The number of anilines is 1. The van der Waals surface area contributed by atoms with Crippen molar-refractivity contribution >= 4 is 5.82 Å². The molecule has 0 bridgehead atoms. The Balaban J connectivity index is 2.28. The van der Waals surface area contributed by atoms with Gasteiger partial charge < -0.3 is 5.32 Å². The van der Waals surface area contributed by atoms with Gasteiger partial charge in [0.1, 0.15) is 11.6 Å². The summed E-state index contributed by atoms with van der Waals surface area (Å²) in [4.78, 5) is 9.28. The number of hydrogen-bond donors (Lipinski definition) is 1. The van der Waals surface area contributed by atoms with Gasteiger partial charge in [0.15, 0.2) is 0 Å². The van der Waals surface area contributed by atoms with Crippen LogP contribution in [0.2, 0.25) is 0 Å². The molecule has 88 valence electrons. The minimum Gasteiger partial charge on any atom is -0.370 e. The van der Waals surface area contributed by atoms with Gasteiger partial charge in [0.05, 0.1) is 0 Å². The van der Waals surface area contributed by atoms with Gasteiger partial charge in [-0.1, -0.05) is 13.8 Å². The van der Waals surface area contributed by atoms with Crippen LogP contribution >= 0.6 is 0 Å². The molecule has 0 aromatic carbocycles. The Hall–Kier alpha value is -1.12. The Kier molecular flexibility index (Phi) is 3.42. The summed E-state index contributed by atoms with van der Waals surface area (Å²) >= 11 is 0. The van der Waals surface area contributed by atoms with Gasteiger partial charge >= 0.3 is 0 Å². The lowest BCUT2D eigenvalue weighted by Gasteiger charge is -2.12. The van der Waals surface area contributed by atoms with Crippen molar-refractivity contribution in [2.45, 2.75) is 51.9 Å². The summed E-state index contributed by atoms with van der Waals surface area (Å²) in [6.45, 7) is 7.40. The standard InChI is InChI=1S/C13H21N3/c1-4-9(3)13-15-11(10-6-7-10)8-12(16-13)14-5-2/h8-10H,4-7H2,1-3H3,(H,14,15,16). The van der Waals surface area contributed by atoms with Crippen LogP contribution in [0.5, 0.6) is 0 Å². The molecule has 1 heterocycles. The summed E-state index contributed by atoms with van der Waals surface area (Å²) in [5, 5.41) is 3.30. The second kappa shape index (κ2) is 4.81. The van der Waals surface area contributed by atoms with Crippen LogP contribution in [0.25, 0.3) is 0 Å². The van der Waals surface area contributed by atoms with E-state index in [1.165, 1.54) is 18.5 Å². The number of nitrogens with one attached hydrogen (secondary N) is 1. The topological polar surface area (TPSA) is 37.8 Å². The first-order valence-electron chi connectivity index (χ1n) is 6.37. The largest absolute Gasteiger partial charge is 0.370 e. The second-order valence-electron chi connectivity index (χ2n) is 4.65. The molecule has 1 aliphatic rings.